The number of aromatic nitrogens is 4. The Kier molecular flexibility index (Phi) is 7.26. The largest absolute Gasteiger partial charge is 0.465 e. The molecule has 1 amide bonds. The number of nitrogens with one attached hydrogen (secondary N) is 1. The fourth-order valence-corrected chi connectivity index (χ4v) is 4.49. The zero-order valence-corrected chi connectivity index (χ0v) is 18.4. The van der Waals surface area contributed by atoms with Crippen LogP contribution in [0.5, 0.6) is 0 Å². The van der Waals surface area contributed by atoms with Crippen LogP contribution in [0.2, 0.25) is 0 Å². The van der Waals surface area contributed by atoms with Crippen molar-refractivity contribution in [1.82, 2.24) is 25.5 Å². The van der Waals surface area contributed by atoms with Crippen molar-refractivity contribution in [3.8, 4) is 0 Å². The Morgan fingerprint density at radius 1 is 1.06 bits per heavy atom. The summed E-state index contributed by atoms with van der Waals surface area (Å²) < 4.78 is 80.0. The molecule has 3 rings (SSSR count). The van der Waals surface area contributed by atoms with Gasteiger partial charge in [-0.3, -0.25) is 0 Å². The molecule has 1 aliphatic rings. The van der Waals surface area contributed by atoms with E-state index >= 15 is 0 Å². The Hall–Kier alpha value is -3.06. The second-order valence-electron chi connectivity index (χ2n) is 8.19. The van der Waals surface area contributed by atoms with Gasteiger partial charge in [0.2, 0.25) is 0 Å². The van der Waals surface area contributed by atoms with Crippen LogP contribution in [0.3, 0.4) is 0 Å². The Morgan fingerprint density at radius 3 is 1.97 bits per heavy atom. The summed E-state index contributed by atoms with van der Waals surface area (Å²) >= 11 is 0. The normalized spacial score (nSPS) is 21.5. The molecule has 1 aromatic carbocycles. The van der Waals surface area contributed by atoms with Gasteiger partial charge in [-0.2, -0.15) is 31.6 Å². The van der Waals surface area contributed by atoms with Gasteiger partial charge in [-0.25, -0.2) is 4.79 Å². The van der Waals surface area contributed by atoms with Gasteiger partial charge in [0.25, 0.3) is 5.95 Å². The Balaban J connectivity index is 2.01. The number of piperidine rings is 1. The predicted molar refractivity (Wildman–Crippen MR) is 108 cm³/mol. The van der Waals surface area contributed by atoms with Gasteiger partial charge in [-0.05, 0) is 54.7 Å². The molecule has 14 heteroatoms. The lowest BCUT2D eigenvalue weighted by molar-refractivity contribution is -0.143. The third-order valence-corrected chi connectivity index (χ3v) is 6.07. The standard InChI is InChI=1S/C20H24F6N6O2/c1-3-14-8-16(9-15(4-2)32(14)18(33)34)31(17-27-29-30-28-17)10-11-5-12(19(21,22)23)7-13(6-11)20(24,25)26/h5-7,14-16H,3-4,8-10H2,1-2H3,(H,33,34)(H,27,28,29,30). The van der Waals surface area contributed by atoms with Crippen molar-refractivity contribution < 1.29 is 36.2 Å². The third kappa shape index (κ3) is 5.53. The average Bonchev–Trinajstić information content (AvgIpc) is 3.29. The number of nitrogens with zero attached hydrogens (tertiary/aromatic N) is 5. The number of anilines is 1. The van der Waals surface area contributed by atoms with Gasteiger partial charge in [0, 0.05) is 24.7 Å². The van der Waals surface area contributed by atoms with E-state index in [1.807, 2.05) is 13.8 Å². The van der Waals surface area contributed by atoms with Crippen LogP contribution in [-0.4, -0.2) is 54.8 Å². The summed E-state index contributed by atoms with van der Waals surface area (Å²) in [6.07, 6.45) is -9.43. The Morgan fingerprint density at radius 2 is 1.59 bits per heavy atom. The number of hydrogen-bond donors (Lipinski definition) is 2. The molecular formula is C20H24F6N6O2. The van der Waals surface area contributed by atoms with E-state index in [1.165, 1.54) is 9.80 Å². The van der Waals surface area contributed by atoms with Crippen LogP contribution in [0.25, 0.3) is 0 Å². The summed E-state index contributed by atoms with van der Waals surface area (Å²) in [6, 6.07) is 0.207. The van der Waals surface area contributed by atoms with E-state index in [2.05, 4.69) is 20.6 Å². The molecule has 1 fully saturated rings. The lowest BCUT2D eigenvalue weighted by Gasteiger charge is -2.46. The molecule has 0 spiro atoms. The molecule has 0 saturated carbocycles. The summed E-state index contributed by atoms with van der Waals surface area (Å²) in [4.78, 5) is 14.7. The quantitative estimate of drug-likeness (QED) is 0.552. The van der Waals surface area contributed by atoms with Crippen molar-refractivity contribution in [2.24, 2.45) is 0 Å². The fourth-order valence-electron chi connectivity index (χ4n) is 4.49. The maximum absolute atomic E-state index is 13.3. The minimum Gasteiger partial charge on any atom is -0.465 e. The molecule has 1 aromatic heterocycles. The number of carbonyl (C=O) groups is 1. The maximum atomic E-state index is 13.3. The van der Waals surface area contributed by atoms with Crippen molar-refractivity contribution in [3.63, 3.8) is 0 Å². The van der Waals surface area contributed by atoms with Gasteiger partial charge in [0.1, 0.15) is 0 Å². The highest BCUT2D eigenvalue weighted by molar-refractivity contribution is 5.66. The summed E-state index contributed by atoms with van der Waals surface area (Å²) in [5, 5.41) is 23.2. The smallest absolute Gasteiger partial charge is 0.416 e. The van der Waals surface area contributed by atoms with E-state index in [0.717, 1.165) is 0 Å². The van der Waals surface area contributed by atoms with Gasteiger partial charge in [-0.15, -0.1) is 5.10 Å². The molecule has 2 atom stereocenters. The second kappa shape index (κ2) is 9.66. The highest BCUT2D eigenvalue weighted by atomic mass is 19.4. The van der Waals surface area contributed by atoms with Crippen LogP contribution in [0, 0.1) is 0 Å². The first-order valence-electron chi connectivity index (χ1n) is 10.6. The number of benzene rings is 1. The minimum atomic E-state index is -4.97. The van der Waals surface area contributed by atoms with Gasteiger partial charge in [-0.1, -0.05) is 18.9 Å². The highest BCUT2D eigenvalue weighted by Crippen LogP contribution is 2.38. The van der Waals surface area contributed by atoms with E-state index in [4.69, 9.17) is 0 Å². The number of aromatic amines is 1. The topological polar surface area (TPSA) is 98.2 Å². The molecule has 2 aromatic rings. The summed E-state index contributed by atoms with van der Waals surface area (Å²) in [6.45, 7) is 3.28. The average molecular weight is 494 g/mol. The van der Waals surface area contributed by atoms with Gasteiger partial charge >= 0.3 is 18.4 Å². The van der Waals surface area contributed by atoms with Crippen LogP contribution >= 0.6 is 0 Å². The molecule has 2 unspecified atom stereocenters. The number of rotatable bonds is 6. The van der Waals surface area contributed by atoms with Crippen LogP contribution in [-0.2, 0) is 18.9 Å². The molecule has 2 N–H and O–H groups in total. The Labute approximate surface area is 190 Å². The first-order valence-corrected chi connectivity index (χ1v) is 10.6. The number of carboxylic acid groups (broad SMARTS) is 1. The summed E-state index contributed by atoms with van der Waals surface area (Å²) in [5.74, 6) is 0.00412. The lowest BCUT2D eigenvalue weighted by atomic mass is 9.87. The molecule has 1 saturated heterocycles. The van der Waals surface area contributed by atoms with Crippen LogP contribution in [0.4, 0.5) is 37.1 Å². The molecule has 0 aliphatic carbocycles. The lowest BCUT2D eigenvalue weighted by Crippen LogP contribution is -2.56. The zero-order valence-electron chi connectivity index (χ0n) is 18.4. The third-order valence-electron chi connectivity index (χ3n) is 6.07. The maximum Gasteiger partial charge on any atom is 0.416 e. The number of likely N-dealkylation sites (tertiary alicyclic amines) is 1. The fraction of sp³-hybridized carbons (Fsp3) is 0.600. The van der Waals surface area contributed by atoms with Crippen LogP contribution in [0.1, 0.15) is 56.2 Å². The van der Waals surface area contributed by atoms with Crippen molar-refractivity contribution in [1.29, 1.82) is 0 Å². The van der Waals surface area contributed by atoms with Crippen molar-refractivity contribution in [2.75, 3.05) is 4.90 Å². The van der Waals surface area contributed by atoms with Gasteiger partial charge < -0.3 is 14.9 Å². The minimum absolute atomic E-state index is 0.00412. The van der Waals surface area contributed by atoms with Crippen LogP contribution in [0.15, 0.2) is 18.2 Å². The number of H-pyrrole nitrogens is 1. The highest BCUT2D eigenvalue weighted by Gasteiger charge is 2.41. The SMILES string of the molecule is CCC1CC(N(Cc2cc(C(F)(F)F)cc(C(F)(F)F)c2)c2nn[nH]n2)CC(CC)N1C(=O)O. The monoisotopic (exact) mass is 494 g/mol. The molecule has 8 nitrogen and oxygen atoms in total. The number of alkyl halides is 6. The zero-order chi connectivity index (χ0) is 25.3. The number of hydrogen-bond acceptors (Lipinski definition) is 5. The first-order chi connectivity index (χ1) is 15.8. The van der Waals surface area contributed by atoms with Crippen molar-refractivity contribution >= 4 is 12.0 Å². The second-order valence-corrected chi connectivity index (χ2v) is 8.19. The van der Waals surface area contributed by atoms with E-state index in [9.17, 15) is 36.2 Å². The van der Waals surface area contributed by atoms with Gasteiger partial charge in [0.15, 0.2) is 0 Å². The van der Waals surface area contributed by atoms with Crippen molar-refractivity contribution in [3.05, 3.63) is 34.9 Å². The number of tetrazole rings is 1. The van der Waals surface area contributed by atoms with E-state index in [-0.39, 0.29) is 36.2 Å². The number of amides is 1. The number of halogens is 6. The van der Waals surface area contributed by atoms with Gasteiger partial charge in [0.05, 0.1) is 11.1 Å². The molecular weight excluding hydrogens is 470 g/mol. The van der Waals surface area contributed by atoms with E-state index in [1.54, 1.807) is 0 Å². The Bertz CT molecular complexity index is 935. The molecule has 34 heavy (non-hydrogen) atoms. The molecule has 0 radical (unpaired) electrons. The summed E-state index contributed by atoms with van der Waals surface area (Å²) in [7, 11) is 0. The van der Waals surface area contributed by atoms with E-state index in [0.29, 0.717) is 37.8 Å². The summed E-state index contributed by atoms with van der Waals surface area (Å²) in [5.41, 5.74) is -3.05. The molecule has 188 valence electrons. The molecule has 1 aliphatic heterocycles. The first kappa shape index (κ1) is 25.6. The van der Waals surface area contributed by atoms with E-state index < -0.39 is 35.6 Å². The molecule has 2 heterocycles. The van der Waals surface area contributed by atoms with Crippen molar-refractivity contribution in [2.45, 2.75) is 76.6 Å². The van der Waals surface area contributed by atoms with Crippen LogP contribution < -0.4 is 4.90 Å². The predicted octanol–water partition coefficient (Wildman–Crippen LogP) is 4.94. The molecule has 0 bridgehead atoms.